The van der Waals surface area contributed by atoms with Crippen LogP contribution < -0.4 is 0 Å². The van der Waals surface area contributed by atoms with Crippen LogP contribution in [0.1, 0.15) is 29.3 Å². The second-order valence-corrected chi connectivity index (χ2v) is 4.44. The summed E-state index contributed by atoms with van der Waals surface area (Å²) in [5, 5.41) is -0.728. The molecule has 0 aliphatic carbocycles. The molecule has 0 spiro atoms. The zero-order chi connectivity index (χ0) is 11.6. The van der Waals surface area contributed by atoms with Crippen molar-refractivity contribution in [3.63, 3.8) is 0 Å². The molecule has 0 saturated carbocycles. The Balaban J connectivity index is 3.21. The molecule has 5 heteroatoms. The van der Waals surface area contributed by atoms with Gasteiger partial charge in [-0.05, 0) is 22.9 Å². The van der Waals surface area contributed by atoms with Gasteiger partial charge >= 0.3 is 0 Å². The zero-order valence-corrected chi connectivity index (χ0v) is 10.1. The molecular weight excluding hydrogens is 289 g/mol. The van der Waals surface area contributed by atoms with Gasteiger partial charge in [0, 0.05) is 15.6 Å². The average molecular weight is 298 g/mol. The number of carbonyl (C=O) groups excluding carboxylic acids is 1. The summed E-state index contributed by atoms with van der Waals surface area (Å²) in [7, 11) is 0. The minimum atomic E-state index is -2.61. The fraction of sp³-hybridized carbons (Fsp3) is 0.300. The molecule has 1 nitrogen and oxygen atoms in total. The molecule has 1 rings (SSSR count). The van der Waals surface area contributed by atoms with Crippen molar-refractivity contribution in [3.8, 4) is 0 Å². The molecule has 0 fully saturated rings. The quantitative estimate of drug-likeness (QED) is 0.604. The van der Waals surface area contributed by atoms with Crippen LogP contribution in [-0.4, -0.2) is 11.2 Å². The molecule has 0 radical (unpaired) electrons. The number of benzene rings is 1. The maximum absolute atomic E-state index is 12.5. The van der Waals surface area contributed by atoms with Crippen molar-refractivity contribution in [1.29, 1.82) is 0 Å². The second-order valence-electron chi connectivity index (χ2n) is 2.99. The number of alkyl halides is 3. The molecule has 1 aromatic rings. The minimum Gasteiger partial charge on any atom is -0.292 e. The summed E-state index contributed by atoms with van der Waals surface area (Å²) in [6.07, 6.45) is -2.61. The Bertz CT molecular complexity index is 380. The van der Waals surface area contributed by atoms with Crippen LogP contribution in [0.15, 0.2) is 22.7 Å². The van der Waals surface area contributed by atoms with Gasteiger partial charge in [-0.15, -0.1) is 11.6 Å². The van der Waals surface area contributed by atoms with E-state index in [0.717, 1.165) is 0 Å². The molecule has 1 atom stereocenters. The van der Waals surface area contributed by atoms with Crippen LogP contribution in [-0.2, 0) is 0 Å². The highest BCUT2D eigenvalue weighted by molar-refractivity contribution is 9.10. The summed E-state index contributed by atoms with van der Waals surface area (Å²) >= 11 is 8.60. The Morgan fingerprint density at radius 3 is 2.53 bits per heavy atom. The summed E-state index contributed by atoms with van der Waals surface area (Å²) in [4.78, 5) is 11.5. The molecule has 0 bridgehead atoms. The molecule has 0 aliphatic rings. The van der Waals surface area contributed by atoms with E-state index in [1.165, 1.54) is 25.1 Å². The van der Waals surface area contributed by atoms with Gasteiger partial charge in [0.2, 0.25) is 0 Å². The van der Waals surface area contributed by atoms with Crippen LogP contribution in [0.2, 0.25) is 0 Å². The van der Waals surface area contributed by atoms with Crippen LogP contribution in [0, 0.1) is 0 Å². The zero-order valence-electron chi connectivity index (χ0n) is 7.81. The first-order valence-electron chi connectivity index (χ1n) is 4.20. The third-order valence-corrected chi connectivity index (χ3v) is 2.97. The first-order valence-corrected chi connectivity index (χ1v) is 5.43. The van der Waals surface area contributed by atoms with Crippen LogP contribution in [0.5, 0.6) is 0 Å². The fourth-order valence-corrected chi connectivity index (χ4v) is 1.87. The molecule has 1 unspecified atom stereocenters. The lowest BCUT2D eigenvalue weighted by Gasteiger charge is -2.09. The lowest BCUT2D eigenvalue weighted by atomic mass is 10.1. The summed E-state index contributed by atoms with van der Waals surface area (Å²) < 4.78 is 25.1. The third-order valence-electron chi connectivity index (χ3n) is 1.89. The van der Waals surface area contributed by atoms with E-state index in [1.807, 2.05) is 0 Å². The predicted molar refractivity (Wildman–Crippen MR) is 58.7 cm³/mol. The molecule has 0 aromatic heterocycles. The van der Waals surface area contributed by atoms with Crippen LogP contribution in [0.25, 0.3) is 0 Å². The highest BCUT2D eigenvalue weighted by Gasteiger charge is 2.20. The normalized spacial score (nSPS) is 12.9. The van der Waals surface area contributed by atoms with Crippen molar-refractivity contribution in [3.05, 3.63) is 33.8 Å². The Labute approximate surface area is 99.6 Å². The van der Waals surface area contributed by atoms with Gasteiger partial charge in [0.15, 0.2) is 5.78 Å². The summed E-state index contributed by atoms with van der Waals surface area (Å²) in [5.41, 5.74) is -0.00605. The van der Waals surface area contributed by atoms with E-state index in [2.05, 4.69) is 15.9 Å². The SMILES string of the molecule is CC(Cl)C(=O)c1cccc(C(F)F)c1Br. The van der Waals surface area contributed by atoms with Crippen LogP contribution in [0.3, 0.4) is 0 Å². The summed E-state index contributed by atoms with van der Waals surface area (Å²) in [6, 6.07) is 4.15. The number of carbonyl (C=O) groups is 1. The second kappa shape index (κ2) is 5.03. The van der Waals surface area contributed by atoms with Gasteiger partial charge in [-0.2, -0.15) is 0 Å². The molecule has 15 heavy (non-hydrogen) atoms. The van der Waals surface area contributed by atoms with Crippen LogP contribution >= 0.6 is 27.5 Å². The Hall–Kier alpha value is -0.480. The van der Waals surface area contributed by atoms with E-state index in [1.54, 1.807) is 0 Å². The number of ketones is 1. The van der Waals surface area contributed by atoms with Gasteiger partial charge in [0.05, 0.1) is 5.38 Å². The van der Waals surface area contributed by atoms with E-state index < -0.39 is 11.8 Å². The number of rotatable bonds is 3. The van der Waals surface area contributed by atoms with Crippen molar-refractivity contribution in [2.45, 2.75) is 18.7 Å². The van der Waals surface area contributed by atoms with E-state index in [4.69, 9.17) is 11.6 Å². The van der Waals surface area contributed by atoms with Gasteiger partial charge in [0.25, 0.3) is 6.43 Å². The minimum absolute atomic E-state index is 0.123. The molecule has 0 heterocycles. The molecular formula is C10H8BrClF2O. The van der Waals surface area contributed by atoms with Crippen molar-refractivity contribution < 1.29 is 13.6 Å². The van der Waals surface area contributed by atoms with Gasteiger partial charge in [0.1, 0.15) is 0 Å². The van der Waals surface area contributed by atoms with Gasteiger partial charge in [-0.3, -0.25) is 4.79 Å². The topological polar surface area (TPSA) is 17.1 Å². The van der Waals surface area contributed by atoms with E-state index in [-0.39, 0.29) is 21.4 Å². The van der Waals surface area contributed by atoms with Gasteiger partial charge in [-0.1, -0.05) is 18.2 Å². The number of halogens is 4. The highest BCUT2D eigenvalue weighted by atomic mass is 79.9. The predicted octanol–water partition coefficient (Wildman–Crippen LogP) is 4.20. The number of Topliss-reactive ketones (excluding diaryl/α,β-unsaturated/α-hetero) is 1. The summed E-state index contributed by atoms with van der Waals surface area (Å²) in [6.45, 7) is 1.51. The maximum atomic E-state index is 12.5. The van der Waals surface area contributed by atoms with Gasteiger partial charge < -0.3 is 0 Å². The highest BCUT2D eigenvalue weighted by Crippen LogP contribution is 2.31. The van der Waals surface area contributed by atoms with Gasteiger partial charge in [-0.25, -0.2) is 8.78 Å². The Morgan fingerprint density at radius 1 is 1.47 bits per heavy atom. The van der Waals surface area contributed by atoms with Crippen molar-refractivity contribution in [2.75, 3.05) is 0 Å². The number of hydrogen-bond donors (Lipinski definition) is 0. The monoisotopic (exact) mass is 296 g/mol. The molecule has 0 saturated heterocycles. The summed E-state index contributed by atoms with van der Waals surface area (Å²) in [5.74, 6) is -0.369. The van der Waals surface area contributed by atoms with E-state index >= 15 is 0 Å². The molecule has 0 aliphatic heterocycles. The smallest absolute Gasteiger partial charge is 0.264 e. The lowest BCUT2D eigenvalue weighted by Crippen LogP contribution is -2.11. The average Bonchev–Trinajstić information content (AvgIpc) is 2.16. The first-order chi connectivity index (χ1) is 6.95. The van der Waals surface area contributed by atoms with Crippen molar-refractivity contribution in [1.82, 2.24) is 0 Å². The largest absolute Gasteiger partial charge is 0.292 e. The molecule has 0 amide bonds. The lowest BCUT2D eigenvalue weighted by molar-refractivity contribution is 0.0990. The van der Waals surface area contributed by atoms with Crippen molar-refractivity contribution >= 4 is 33.3 Å². The first kappa shape index (κ1) is 12.6. The standard InChI is InChI=1S/C10H8BrClF2O/c1-5(12)9(15)6-3-2-4-7(8(6)11)10(13)14/h2-5,10H,1H3. The molecule has 82 valence electrons. The fourth-order valence-electron chi connectivity index (χ4n) is 1.12. The Kier molecular flexibility index (Phi) is 4.22. The van der Waals surface area contributed by atoms with Crippen molar-refractivity contribution in [2.24, 2.45) is 0 Å². The van der Waals surface area contributed by atoms with E-state index in [0.29, 0.717) is 0 Å². The maximum Gasteiger partial charge on any atom is 0.264 e. The number of hydrogen-bond acceptors (Lipinski definition) is 1. The molecule has 1 aromatic carbocycles. The van der Waals surface area contributed by atoms with Crippen LogP contribution in [0.4, 0.5) is 8.78 Å². The Morgan fingerprint density at radius 2 is 2.07 bits per heavy atom. The van der Waals surface area contributed by atoms with E-state index in [9.17, 15) is 13.6 Å². The molecule has 0 N–H and O–H groups in total. The third kappa shape index (κ3) is 2.75.